The Bertz CT molecular complexity index is 485. The van der Waals surface area contributed by atoms with Crippen LogP contribution < -0.4 is 10.6 Å². The number of carbonyl (C=O) groups excluding carboxylic acids is 2. The van der Waals surface area contributed by atoms with Crippen LogP contribution in [0.1, 0.15) is 31.3 Å². The Morgan fingerprint density at radius 1 is 1.19 bits per heavy atom. The molecule has 0 saturated heterocycles. The zero-order chi connectivity index (χ0) is 16.0. The van der Waals surface area contributed by atoms with Crippen molar-refractivity contribution in [2.24, 2.45) is 5.92 Å². The Balaban J connectivity index is 2.59. The first-order valence-corrected chi connectivity index (χ1v) is 6.91. The highest BCUT2D eigenvalue weighted by Crippen LogP contribution is 2.05. The van der Waals surface area contributed by atoms with Crippen molar-refractivity contribution in [3.05, 3.63) is 17.8 Å². The van der Waals surface area contributed by atoms with Crippen molar-refractivity contribution in [1.29, 1.82) is 0 Å². The number of amides is 2. The summed E-state index contributed by atoms with van der Waals surface area (Å²) in [6.07, 6.45) is 0. The van der Waals surface area contributed by atoms with Crippen molar-refractivity contribution >= 4 is 17.6 Å². The molecule has 0 saturated carbocycles. The minimum absolute atomic E-state index is 0.0982. The van der Waals surface area contributed by atoms with E-state index in [1.54, 1.807) is 33.2 Å². The molecule has 0 aliphatic carbocycles. The van der Waals surface area contributed by atoms with Crippen LogP contribution >= 0.6 is 0 Å². The van der Waals surface area contributed by atoms with Crippen LogP contribution in [0, 0.1) is 5.92 Å². The second kappa shape index (κ2) is 7.56. The van der Waals surface area contributed by atoms with Crippen LogP contribution in [0.25, 0.3) is 0 Å². The Labute approximate surface area is 125 Å². The molecule has 0 bridgehead atoms. The van der Waals surface area contributed by atoms with Crippen LogP contribution in [-0.4, -0.2) is 53.6 Å². The number of aromatic nitrogens is 2. The number of nitrogens with zero attached hydrogens (tertiary/aromatic N) is 3. The third-order valence-electron chi connectivity index (χ3n) is 2.73. The lowest BCUT2D eigenvalue weighted by Gasteiger charge is -2.15. The molecule has 0 aliphatic heterocycles. The van der Waals surface area contributed by atoms with Gasteiger partial charge in [-0.05, 0) is 25.0 Å². The van der Waals surface area contributed by atoms with Crippen molar-refractivity contribution in [2.75, 3.05) is 26.0 Å². The SMILES string of the molecule is CC(C)CNC(=O)C(C)Nc1ccc(C(=O)N(C)C)nn1. The molecule has 21 heavy (non-hydrogen) atoms. The molecule has 2 amide bonds. The highest BCUT2D eigenvalue weighted by atomic mass is 16.2. The van der Waals surface area contributed by atoms with Crippen LogP contribution in [0.2, 0.25) is 0 Å². The second-order valence-corrected chi connectivity index (χ2v) is 5.51. The maximum atomic E-state index is 11.8. The summed E-state index contributed by atoms with van der Waals surface area (Å²) in [5.74, 6) is 0.547. The van der Waals surface area contributed by atoms with E-state index in [1.165, 1.54) is 4.90 Å². The first kappa shape index (κ1) is 16.9. The Morgan fingerprint density at radius 2 is 1.86 bits per heavy atom. The van der Waals surface area contributed by atoms with Gasteiger partial charge in [-0.3, -0.25) is 9.59 Å². The summed E-state index contributed by atoms with van der Waals surface area (Å²) in [7, 11) is 3.30. The fourth-order valence-corrected chi connectivity index (χ4v) is 1.50. The lowest BCUT2D eigenvalue weighted by Crippen LogP contribution is -2.39. The number of anilines is 1. The lowest BCUT2D eigenvalue weighted by atomic mass is 10.2. The quantitative estimate of drug-likeness (QED) is 0.808. The molecular formula is C14H23N5O2. The first-order valence-electron chi connectivity index (χ1n) is 6.91. The molecule has 116 valence electrons. The van der Waals surface area contributed by atoms with Gasteiger partial charge in [0.25, 0.3) is 5.91 Å². The van der Waals surface area contributed by atoms with Gasteiger partial charge in [0, 0.05) is 20.6 Å². The molecule has 1 rings (SSSR count). The smallest absolute Gasteiger partial charge is 0.273 e. The lowest BCUT2D eigenvalue weighted by molar-refractivity contribution is -0.121. The molecule has 1 aromatic rings. The molecule has 1 unspecified atom stereocenters. The molecule has 2 N–H and O–H groups in total. The Hall–Kier alpha value is -2.18. The molecule has 0 spiro atoms. The average molecular weight is 293 g/mol. The van der Waals surface area contributed by atoms with E-state index in [9.17, 15) is 9.59 Å². The van der Waals surface area contributed by atoms with Crippen LogP contribution in [0.5, 0.6) is 0 Å². The van der Waals surface area contributed by atoms with Gasteiger partial charge in [-0.15, -0.1) is 10.2 Å². The summed E-state index contributed by atoms with van der Waals surface area (Å²) in [6, 6.07) is 2.79. The van der Waals surface area contributed by atoms with Gasteiger partial charge in [0.15, 0.2) is 5.69 Å². The largest absolute Gasteiger partial charge is 0.357 e. The summed E-state index contributed by atoms with van der Waals surface area (Å²) in [5.41, 5.74) is 0.266. The molecule has 1 heterocycles. The van der Waals surface area contributed by atoms with Crippen molar-refractivity contribution in [2.45, 2.75) is 26.8 Å². The molecule has 0 aromatic carbocycles. The minimum atomic E-state index is -0.423. The molecule has 7 nitrogen and oxygen atoms in total. The second-order valence-electron chi connectivity index (χ2n) is 5.51. The third kappa shape index (κ3) is 5.37. The summed E-state index contributed by atoms with van der Waals surface area (Å²) < 4.78 is 0. The van der Waals surface area contributed by atoms with Gasteiger partial charge in [-0.2, -0.15) is 0 Å². The number of carbonyl (C=O) groups is 2. The minimum Gasteiger partial charge on any atom is -0.357 e. The van der Waals surface area contributed by atoms with Gasteiger partial charge in [0.1, 0.15) is 11.9 Å². The van der Waals surface area contributed by atoms with E-state index in [0.29, 0.717) is 18.3 Å². The predicted octanol–water partition coefficient (Wildman–Crippen LogP) is 0.751. The van der Waals surface area contributed by atoms with Gasteiger partial charge >= 0.3 is 0 Å². The molecule has 7 heteroatoms. The van der Waals surface area contributed by atoms with Crippen molar-refractivity contribution in [3.63, 3.8) is 0 Å². The molecule has 0 aliphatic rings. The zero-order valence-corrected chi connectivity index (χ0v) is 13.2. The Morgan fingerprint density at radius 3 is 2.33 bits per heavy atom. The molecule has 0 fully saturated rings. The maximum absolute atomic E-state index is 11.8. The first-order chi connectivity index (χ1) is 9.81. The monoisotopic (exact) mass is 293 g/mol. The van der Waals surface area contributed by atoms with E-state index in [4.69, 9.17) is 0 Å². The van der Waals surface area contributed by atoms with E-state index >= 15 is 0 Å². The number of rotatable bonds is 6. The molecule has 1 atom stereocenters. The van der Waals surface area contributed by atoms with Gasteiger partial charge < -0.3 is 15.5 Å². The van der Waals surface area contributed by atoms with Gasteiger partial charge in [-0.25, -0.2) is 0 Å². The number of hydrogen-bond acceptors (Lipinski definition) is 5. The van der Waals surface area contributed by atoms with Crippen molar-refractivity contribution in [1.82, 2.24) is 20.4 Å². The highest BCUT2D eigenvalue weighted by molar-refractivity contribution is 5.91. The van der Waals surface area contributed by atoms with E-state index < -0.39 is 6.04 Å². The summed E-state index contributed by atoms with van der Waals surface area (Å²) in [5, 5.41) is 13.5. The van der Waals surface area contributed by atoms with Crippen LogP contribution in [0.15, 0.2) is 12.1 Å². The van der Waals surface area contributed by atoms with E-state index in [0.717, 1.165) is 0 Å². The summed E-state index contributed by atoms with van der Waals surface area (Å²) in [4.78, 5) is 24.9. The normalized spacial score (nSPS) is 11.9. The van der Waals surface area contributed by atoms with E-state index in [1.807, 2.05) is 13.8 Å². The Kier molecular flexibility index (Phi) is 6.08. The number of hydrogen-bond donors (Lipinski definition) is 2. The van der Waals surface area contributed by atoms with Crippen LogP contribution in [0.3, 0.4) is 0 Å². The predicted molar refractivity (Wildman–Crippen MR) is 81.0 cm³/mol. The zero-order valence-electron chi connectivity index (χ0n) is 13.2. The number of nitrogens with one attached hydrogen (secondary N) is 2. The fraction of sp³-hybridized carbons (Fsp3) is 0.571. The molecular weight excluding hydrogens is 270 g/mol. The third-order valence-corrected chi connectivity index (χ3v) is 2.73. The summed E-state index contributed by atoms with van der Waals surface area (Å²) >= 11 is 0. The highest BCUT2D eigenvalue weighted by Gasteiger charge is 2.14. The van der Waals surface area contributed by atoms with Gasteiger partial charge in [0.05, 0.1) is 0 Å². The van der Waals surface area contributed by atoms with E-state index in [2.05, 4.69) is 20.8 Å². The standard InChI is InChI=1S/C14H23N5O2/c1-9(2)8-15-13(20)10(3)16-12-7-6-11(17-18-12)14(21)19(4)5/h6-7,9-10H,8H2,1-5H3,(H,15,20)(H,16,18). The fourth-order valence-electron chi connectivity index (χ4n) is 1.50. The topological polar surface area (TPSA) is 87.2 Å². The maximum Gasteiger partial charge on any atom is 0.273 e. The average Bonchev–Trinajstić information content (AvgIpc) is 2.44. The van der Waals surface area contributed by atoms with E-state index in [-0.39, 0.29) is 17.5 Å². The molecule has 0 radical (unpaired) electrons. The summed E-state index contributed by atoms with van der Waals surface area (Å²) in [6.45, 7) is 6.44. The molecule has 1 aromatic heterocycles. The van der Waals surface area contributed by atoms with Crippen molar-refractivity contribution < 1.29 is 9.59 Å². The van der Waals surface area contributed by atoms with Gasteiger partial charge in [0.2, 0.25) is 5.91 Å². The van der Waals surface area contributed by atoms with Crippen LogP contribution in [0.4, 0.5) is 5.82 Å². The van der Waals surface area contributed by atoms with Gasteiger partial charge in [-0.1, -0.05) is 13.8 Å². The van der Waals surface area contributed by atoms with Crippen molar-refractivity contribution in [3.8, 4) is 0 Å². The van der Waals surface area contributed by atoms with Crippen LogP contribution in [-0.2, 0) is 4.79 Å².